The number of hydrogen-bond donors (Lipinski definition) is 0. The summed E-state index contributed by atoms with van der Waals surface area (Å²) in [5.74, 6) is -0.286. The maximum atomic E-state index is 10.9. The first-order valence-electron chi connectivity index (χ1n) is 4.42. The van der Waals surface area contributed by atoms with Gasteiger partial charge in [0.2, 0.25) is 6.29 Å². The average Bonchev–Trinajstić information content (AvgIpc) is 2.14. The fourth-order valence-corrected chi connectivity index (χ4v) is 0.712. The van der Waals surface area contributed by atoms with Gasteiger partial charge in [-0.25, -0.2) is 0 Å². The van der Waals surface area contributed by atoms with Crippen molar-refractivity contribution in [2.24, 2.45) is 0 Å². The Kier molecular flexibility index (Phi) is 7.63. The topological polar surface area (TPSA) is 44.8 Å². The second-order valence-electron chi connectivity index (χ2n) is 2.30. The SMILES string of the molecule is [CH2]COCC(OCC)OC(=O)CC. The van der Waals surface area contributed by atoms with Crippen molar-refractivity contribution in [3.63, 3.8) is 0 Å². The van der Waals surface area contributed by atoms with Gasteiger partial charge in [0.05, 0.1) is 0 Å². The minimum atomic E-state index is -0.598. The molecule has 13 heavy (non-hydrogen) atoms. The van der Waals surface area contributed by atoms with Gasteiger partial charge in [0.15, 0.2) is 0 Å². The van der Waals surface area contributed by atoms with Crippen LogP contribution in [0.15, 0.2) is 0 Å². The molecule has 0 N–H and O–H groups in total. The monoisotopic (exact) mass is 189 g/mol. The summed E-state index contributed by atoms with van der Waals surface area (Å²) in [6.07, 6.45) is -0.257. The Morgan fingerprint density at radius 3 is 2.62 bits per heavy atom. The molecule has 4 nitrogen and oxygen atoms in total. The van der Waals surface area contributed by atoms with Gasteiger partial charge in [0.25, 0.3) is 0 Å². The second kappa shape index (κ2) is 8.01. The van der Waals surface area contributed by atoms with Gasteiger partial charge in [-0.05, 0) is 13.8 Å². The third-order valence-corrected chi connectivity index (χ3v) is 1.30. The zero-order valence-electron chi connectivity index (χ0n) is 8.25. The zero-order chi connectivity index (χ0) is 10.1. The van der Waals surface area contributed by atoms with Crippen LogP contribution >= 0.6 is 0 Å². The molecule has 77 valence electrons. The van der Waals surface area contributed by atoms with E-state index in [1.807, 2.05) is 6.92 Å². The molecule has 0 rings (SSSR count). The van der Waals surface area contributed by atoms with E-state index < -0.39 is 6.29 Å². The number of carbonyl (C=O) groups excluding carboxylic acids is 1. The summed E-state index contributed by atoms with van der Waals surface area (Å²) in [5.41, 5.74) is 0. The van der Waals surface area contributed by atoms with Crippen LogP contribution in [-0.4, -0.2) is 32.1 Å². The van der Waals surface area contributed by atoms with E-state index in [9.17, 15) is 4.79 Å². The molecule has 0 aromatic heterocycles. The first-order valence-corrected chi connectivity index (χ1v) is 4.42. The van der Waals surface area contributed by atoms with Gasteiger partial charge >= 0.3 is 5.97 Å². The van der Waals surface area contributed by atoms with E-state index in [2.05, 4.69) is 6.92 Å². The largest absolute Gasteiger partial charge is 0.433 e. The number of esters is 1. The lowest BCUT2D eigenvalue weighted by Crippen LogP contribution is -2.26. The molecule has 0 aromatic carbocycles. The summed E-state index contributed by atoms with van der Waals surface area (Å²) < 4.78 is 15.0. The van der Waals surface area contributed by atoms with Crippen LogP contribution in [0.3, 0.4) is 0 Å². The van der Waals surface area contributed by atoms with Crippen molar-refractivity contribution in [1.29, 1.82) is 0 Å². The number of ether oxygens (including phenoxy) is 3. The highest BCUT2D eigenvalue weighted by Gasteiger charge is 2.12. The number of hydrogen-bond acceptors (Lipinski definition) is 4. The van der Waals surface area contributed by atoms with Gasteiger partial charge in [-0.1, -0.05) is 6.92 Å². The van der Waals surface area contributed by atoms with Crippen LogP contribution in [-0.2, 0) is 19.0 Å². The first-order chi connectivity index (χ1) is 6.24. The normalized spacial score (nSPS) is 12.5. The minimum absolute atomic E-state index is 0.239. The lowest BCUT2D eigenvalue weighted by Gasteiger charge is -2.16. The molecule has 0 spiro atoms. The molecule has 1 unspecified atom stereocenters. The van der Waals surface area contributed by atoms with E-state index in [0.29, 0.717) is 19.6 Å². The van der Waals surface area contributed by atoms with Crippen LogP contribution in [0.4, 0.5) is 0 Å². The van der Waals surface area contributed by atoms with E-state index in [1.165, 1.54) is 0 Å². The molecule has 0 saturated carbocycles. The molecule has 0 fully saturated rings. The van der Waals surface area contributed by atoms with Crippen molar-refractivity contribution in [1.82, 2.24) is 0 Å². The zero-order valence-corrected chi connectivity index (χ0v) is 8.25. The van der Waals surface area contributed by atoms with Gasteiger partial charge in [-0.15, -0.1) is 0 Å². The number of carbonyl (C=O) groups is 1. The Balaban J connectivity index is 3.71. The van der Waals surface area contributed by atoms with Crippen LogP contribution in [0.25, 0.3) is 0 Å². The van der Waals surface area contributed by atoms with Gasteiger partial charge in [0.1, 0.15) is 6.61 Å². The molecular formula is C9H17O4. The average molecular weight is 189 g/mol. The van der Waals surface area contributed by atoms with Crippen LogP contribution in [0.5, 0.6) is 0 Å². The van der Waals surface area contributed by atoms with Gasteiger partial charge in [-0.3, -0.25) is 4.79 Å². The van der Waals surface area contributed by atoms with E-state index in [0.717, 1.165) is 0 Å². The Labute approximate surface area is 79.2 Å². The molecular weight excluding hydrogens is 172 g/mol. The predicted octanol–water partition coefficient (Wildman–Crippen LogP) is 1.15. The summed E-state index contributed by atoms with van der Waals surface area (Å²) in [7, 11) is 0. The Morgan fingerprint density at radius 1 is 1.46 bits per heavy atom. The predicted molar refractivity (Wildman–Crippen MR) is 48.0 cm³/mol. The highest BCUT2D eigenvalue weighted by Crippen LogP contribution is 1.98. The van der Waals surface area contributed by atoms with Crippen molar-refractivity contribution in [2.75, 3.05) is 19.8 Å². The molecule has 0 saturated heterocycles. The molecule has 0 aromatic rings. The van der Waals surface area contributed by atoms with Crippen molar-refractivity contribution in [2.45, 2.75) is 26.6 Å². The third kappa shape index (κ3) is 6.54. The smallest absolute Gasteiger partial charge is 0.307 e. The molecule has 0 bridgehead atoms. The van der Waals surface area contributed by atoms with Crippen molar-refractivity contribution in [3.8, 4) is 0 Å². The van der Waals surface area contributed by atoms with Gasteiger partial charge in [-0.2, -0.15) is 0 Å². The summed E-state index contributed by atoms with van der Waals surface area (Å²) >= 11 is 0. The fourth-order valence-electron chi connectivity index (χ4n) is 0.712. The van der Waals surface area contributed by atoms with Crippen LogP contribution < -0.4 is 0 Å². The van der Waals surface area contributed by atoms with Crippen molar-refractivity contribution in [3.05, 3.63) is 6.92 Å². The van der Waals surface area contributed by atoms with Gasteiger partial charge in [0, 0.05) is 19.6 Å². The van der Waals surface area contributed by atoms with Crippen LogP contribution in [0, 0.1) is 6.92 Å². The molecule has 4 heteroatoms. The Bertz CT molecular complexity index is 136. The standard InChI is InChI=1S/C9H17O4/c1-4-8(10)13-9(12-6-3)7-11-5-2/h9H,2,4-7H2,1,3H3. The fraction of sp³-hybridized carbons (Fsp3) is 0.778. The molecule has 0 aliphatic carbocycles. The lowest BCUT2D eigenvalue weighted by molar-refractivity contribution is -0.188. The van der Waals surface area contributed by atoms with Crippen molar-refractivity contribution < 1.29 is 19.0 Å². The summed E-state index contributed by atoms with van der Waals surface area (Å²) in [5, 5.41) is 0. The van der Waals surface area contributed by atoms with E-state index in [-0.39, 0.29) is 12.6 Å². The highest BCUT2D eigenvalue weighted by molar-refractivity contribution is 5.68. The van der Waals surface area contributed by atoms with E-state index >= 15 is 0 Å². The Hall–Kier alpha value is -0.610. The summed E-state index contributed by atoms with van der Waals surface area (Å²) in [6.45, 7) is 8.13. The first kappa shape index (κ1) is 12.4. The highest BCUT2D eigenvalue weighted by atomic mass is 16.7. The van der Waals surface area contributed by atoms with Gasteiger partial charge < -0.3 is 14.2 Å². The molecule has 0 heterocycles. The molecule has 0 aliphatic rings. The third-order valence-electron chi connectivity index (χ3n) is 1.30. The molecule has 1 radical (unpaired) electrons. The quantitative estimate of drug-likeness (QED) is 0.445. The minimum Gasteiger partial charge on any atom is -0.433 e. The van der Waals surface area contributed by atoms with Crippen LogP contribution in [0.2, 0.25) is 0 Å². The maximum absolute atomic E-state index is 10.9. The summed E-state index contributed by atoms with van der Waals surface area (Å²) in [6, 6.07) is 0. The summed E-state index contributed by atoms with van der Waals surface area (Å²) in [4.78, 5) is 10.9. The number of rotatable bonds is 7. The second-order valence-corrected chi connectivity index (χ2v) is 2.30. The van der Waals surface area contributed by atoms with E-state index in [1.54, 1.807) is 6.92 Å². The maximum Gasteiger partial charge on any atom is 0.307 e. The Morgan fingerprint density at radius 2 is 2.15 bits per heavy atom. The van der Waals surface area contributed by atoms with E-state index in [4.69, 9.17) is 14.2 Å². The lowest BCUT2D eigenvalue weighted by atomic mass is 10.5. The molecule has 0 aliphatic heterocycles. The van der Waals surface area contributed by atoms with Crippen molar-refractivity contribution >= 4 is 5.97 Å². The molecule has 1 atom stereocenters. The molecule has 0 amide bonds. The van der Waals surface area contributed by atoms with Crippen LogP contribution in [0.1, 0.15) is 20.3 Å².